The number of ketones is 1. The van der Waals surface area contributed by atoms with Gasteiger partial charge in [0.2, 0.25) is 0 Å². The van der Waals surface area contributed by atoms with Gasteiger partial charge in [-0.25, -0.2) is 21.8 Å². The number of methoxy groups -OCH3 is 1. The highest BCUT2D eigenvalue weighted by molar-refractivity contribution is 7.91. The number of thiazole rings is 1. The maximum atomic E-state index is 13.4. The molecule has 0 N–H and O–H groups in total. The Hall–Kier alpha value is -2.19. The van der Waals surface area contributed by atoms with E-state index in [9.17, 15) is 21.6 Å². The first kappa shape index (κ1) is 28.8. The zero-order valence-electron chi connectivity index (χ0n) is 21.5. The van der Waals surface area contributed by atoms with Crippen molar-refractivity contribution >= 4 is 42.5 Å². The minimum absolute atomic E-state index is 0.00649. The van der Waals surface area contributed by atoms with Gasteiger partial charge in [0.05, 0.1) is 28.6 Å². The molecule has 0 spiro atoms. The second-order valence-electron chi connectivity index (χ2n) is 9.55. The fourth-order valence-electron chi connectivity index (χ4n) is 4.40. The van der Waals surface area contributed by atoms with Gasteiger partial charge >= 0.3 is 0 Å². The smallest absolute Gasteiger partial charge is 0.190 e. The van der Waals surface area contributed by atoms with Crippen molar-refractivity contribution in [2.75, 3.05) is 57.2 Å². The second-order valence-corrected chi connectivity index (χ2v) is 15.2. The van der Waals surface area contributed by atoms with Crippen LogP contribution in [0, 0.1) is 0 Å². The van der Waals surface area contributed by atoms with Crippen LogP contribution < -0.4 is 0 Å². The van der Waals surface area contributed by atoms with Gasteiger partial charge in [0.1, 0.15) is 10.7 Å². The van der Waals surface area contributed by atoms with Gasteiger partial charge in [0.15, 0.2) is 25.5 Å². The SMILES string of the molecule is COCCCS(=O)(=O)c1ccc(/C(=N\N2CCCC2)C(=O)Cc2ncc(CN3CCS(=O)(=O)CC3)s2)cc1. The Morgan fingerprint density at radius 3 is 2.45 bits per heavy atom. The average Bonchev–Trinajstić information content (AvgIpc) is 3.56. The standard InChI is InChI=1S/C25H34N4O6S3/c1-35-13-4-14-38(33,34)22-7-5-20(6-8-22)25(27-29-9-2-3-10-29)23(30)17-24-26-18-21(36-24)19-28-11-15-37(31,32)16-12-28/h5-8,18H,2-4,9-17,19H2,1H3/b27-25+. The Labute approximate surface area is 228 Å². The molecular formula is C25H34N4O6S3. The second kappa shape index (κ2) is 12.8. The van der Waals surface area contributed by atoms with Crippen molar-refractivity contribution in [2.45, 2.75) is 37.1 Å². The number of ether oxygens (including phenoxy) is 1. The zero-order valence-corrected chi connectivity index (χ0v) is 24.0. The fourth-order valence-corrected chi connectivity index (χ4v) is 7.93. The quantitative estimate of drug-likeness (QED) is 0.272. The Balaban J connectivity index is 1.46. The summed E-state index contributed by atoms with van der Waals surface area (Å²) in [5.74, 6) is 0.145. The van der Waals surface area contributed by atoms with Crippen LogP contribution in [0.1, 0.15) is 34.7 Å². The summed E-state index contributed by atoms with van der Waals surface area (Å²) in [5.41, 5.74) is 0.872. The van der Waals surface area contributed by atoms with Crippen LogP contribution in [0.25, 0.3) is 0 Å². The lowest BCUT2D eigenvalue weighted by Crippen LogP contribution is -2.39. The number of hydrogen-bond donors (Lipinski definition) is 0. The summed E-state index contributed by atoms with van der Waals surface area (Å²) in [5, 5.41) is 7.21. The number of carbonyl (C=O) groups excluding carboxylic acids is 1. The summed E-state index contributed by atoms with van der Waals surface area (Å²) in [6.07, 6.45) is 4.27. The number of carbonyl (C=O) groups is 1. The van der Waals surface area contributed by atoms with Crippen LogP contribution in [-0.4, -0.2) is 100 Å². The Morgan fingerprint density at radius 1 is 1.11 bits per heavy atom. The molecule has 2 aliphatic heterocycles. The van der Waals surface area contributed by atoms with Crippen molar-refractivity contribution in [1.29, 1.82) is 0 Å². The normalized spacial score (nSPS) is 18.7. The third kappa shape index (κ3) is 7.92. The number of hydrogen-bond acceptors (Lipinski definition) is 11. The molecular weight excluding hydrogens is 548 g/mol. The highest BCUT2D eigenvalue weighted by Crippen LogP contribution is 2.20. The van der Waals surface area contributed by atoms with Gasteiger partial charge in [-0.05, 0) is 31.4 Å². The summed E-state index contributed by atoms with van der Waals surface area (Å²) in [6.45, 7) is 3.52. The van der Waals surface area contributed by atoms with Crippen LogP contribution in [0.2, 0.25) is 0 Å². The van der Waals surface area contributed by atoms with E-state index < -0.39 is 19.7 Å². The van der Waals surface area contributed by atoms with Crippen LogP contribution in [0.3, 0.4) is 0 Å². The molecule has 1 aromatic carbocycles. The number of sulfone groups is 2. The molecule has 0 unspecified atom stereocenters. The molecule has 4 rings (SSSR count). The molecule has 3 heterocycles. The van der Waals surface area contributed by atoms with Crippen LogP contribution in [0.4, 0.5) is 0 Å². The molecule has 208 valence electrons. The average molecular weight is 583 g/mol. The topological polar surface area (TPSA) is 126 Å². The maximum Gasteiger partial charge on any atom is 0.190 e. The van der Waals surface area contributed by atoms with E-state index in [1.54, 1.807) is 18.3 Å². The lowest BCUT2D eigenvalue weighted by Gasteiger charge is -2.25. The summed E-state index contributed by atoms with van der Waals surface area (Å²) in [4.78, 5) is 21.1. The first-order chi connectivity index (χ1) is 18.1. The predicted octanol–water partition coefficient (Wildman–Crippen LogP) is 1.80. The van der Waals surface area contributed by atoms with Crippen molar-refractivity contribution in [3.05, 3.63) is 45.9 Å². The molecule has 2 aromatic rings. The summed E-state index contributed by atoms with van der Waals surface area (Å²) in [6, 6.07) is 6.36. The highest BCUT2D eigenvalue weighted by atomic mass is 32.2. The Kier molecular flexibility index (Phi) is 9.69. The molecule has 0 amide bonds. The molecule has 0 bridgehead atoms. The number of rotatable bonds is 12. The lowest BCUT2D eigenvalue weighted by atomic mass is 10.0. The van der Waals surface area contributed by atoms with Crippen molar-refractivity contribution in [1.82, 2.24) is 14.9 Å². The molecule has 0 saturated carbocycles. The lowest BCUT2D eigenvalue weighted by molar-refractivity contribution is -0.112. The van der Waals surface area contributed by atoms with E-state index in [-0.39, 0.29) is 34.4 Å². The molecule has 38 heavy (non-hydrogen) atoms. The van der Waals surface area contributed by atoms with Gasteiger partial charge < -0.3 is 4.74 Å². The van der Waals surface area contributed by atoms with Gasteiger partial charge in [-0.15, -0.1) is 11.3 Å². The fraction of sp³-hybridized carbons (Fsp3) is 0.560. The third-order valence-electron chi connectivity index (χ3n) is 6.57. The zero-order chi connectivity index (χ0) is 27.2. The van der Waals surface area contributed by atoms with Crippen molar-refractivity contribution in [3.63, 3.8) is 0 Å². The minimum Gasteiger partial charge on any atom is -0.385 e. The Bertz CT molecular complexity index is 1330. The minimum atomic E-state index is -3.44. The van der Waals surface area contributed by atoms with Crippen molar-refractivity contribution in [3.8, 4) is 0 Å². The van der Waals surface area contributed by atoms with E-state index in [1.165, 1.54) is 30.6 Å². The van der Waals surface area contributed by atoms with Crippen molar-refractivity contribution < 1.29 is 26.4 Å². The predicted molar refractivity (Wildman–Crippen MR) is 147 cm³/mol. The molecule has 10 nitrogen and oxygen atoms in total. The number of nitrogens with zero attached hydrogens (tertiary/aromatic N) is 4. The van der Waals surface area contributed by atoms with Crippen LogP contribution in [0.5, 0.6) is 0 Å². The summed E-state index contributed by atoms with van der Waals surface area (Å²) in [7, 11) is -4.84. The number of Topliss-reactive ketones (excluding diaryl/α,β-unsaturated/α-hetero) is 1. The molecule has 2 saturated heterocycles. The molecule has 2 aliphatic rings. The van der Waals surface area contributed by atoms with E-state index >= 15 is 0 Å². The molecule has 0 aliphatic carbocycles. The molecule has 13 heteroatoms. The van der Waals surface area contributed by atoms with Crippen LogP contribution in [0.15, 0.2) is 40.5 Å². The van der Waals surface area contributed by atoms with Crippen molar-refractivity contribution in [2.24, 2.45) is 5.10 Å². The molecule has 0 atom stereocenters. The monoisotopic (exact) mass is 582 g/mol. The molecule has 1 aromatic heterocycles. The van der Waals surface area contributed by atoms with Gasteiger partial charge in [-0.3, -0.25) is 14.7 Å². The van der Waals surface area contributed by atoms with E-state index in [0.29, 0.717) is 48.9 Å². The largest absolute Gasteiger partial charge is 0.385 e. The first-order valence-electron chi connectivity index (χ1n) is 12.7. The maximum absolute atomic E-state index is 13.4. The summed E-state index contributed by atoms with van der Waals surface area (Å²) < 4.78 is 53.5. The van der Waals surface area contributed by atoms with E-state index in [4.69, 9.17) is 4.74 Å². The number of benzene rings is 1. The van der Waals surface area contributed by atoms with Gasteiger partial charge in [0.25, 0.3) is 0 Å². The Morgan fingerprint density at radius 2 is 1.79 bits per heavy atom. The van der Waals surface area contributed by atoms with E-state index in [2.05, 4.69) is 15.0 Å². The number of hydrazone groups is 1. The third-order valence-corrected chi connectivity index (χ3v) is 11.0. The highest BCUT2D eigenvalue weighted by Gasteiger charge is 2.24. The van der Waals surface area contributed by atoms with Crippen LogP contribution in [-0.2, 0) is 42.2 Å². The summed E-state index contributed by atoms with van der Waals surface area (Å²) >= 11 is 1.44. The van der Waals surface area contributed by atoms with Gasteiger partial charge in [0, 0.05) is 63.1 Å². The van der Waals surface area contributed by atoms with Gasteiger partial charge in [-0.1, -0.05) is 12.1 Å². The molecule has 0 radical (unpaired) electrons. The van der Waals surface area contributed by atoms with E-state index in [1.807, 2.05) is 5.01 Å². The van der Waals surface area contributed by atoms with Crippen LogP contribution >= 0.6 is 11.3 Å². The molecule has 2 fully saturated rings. The van der Waals surface area contributed by atoms with E-state index in [0.717, 1.165) is 30.8 Å². The first-order valence-corrected chi connectivity index (χ1v) is 17.0. The number of aromatic nitrogens is 1. The van der Waals surface area contributed by atoms with Gasteiger partial charge in [-0.2, -0.15) is 5.10 Å².